The van der Waals surface area contributed by atoms with Gasteiger partial charge in [-0.05, 0) is 30.5 Å². The summed E-state index contributed by atoms with van der Waals surface area (Å²) in [6.07, 6.45) is 9.88. The molecule has 2 aromatic heterocycles. The Balaban J connectivity index is 1.37. The molecule has 7 heteroatoms. The first-order chi connectivity index (χ1) is 13.2. The number of hydrogen-bond acceptors (Lipinski definition) is 5. The summed E-state index contributed by atoms with van der Waals surface area (Å²) in [5.74, 6) is 0.651. The number of carbonyl (C=O) groups is 2. The summed E-state index contributed by atoms with van der Waals surface area (Å²) in [5.41, 5.74) is 1.41. The van der Waals surface area contributed by atoms with Crippen LogP contribution in [-0.2, 0) is 11.3 Å². The average molecular weight is 370 g/mol. The predicted molar refractivity (Wildman–Crippen MR) is 102 cm³/mol. The van der Waals surface area contributed by atoms with Crippen molar-refractivity contribution in [3.63, 3.8) is 0 Å². The number of carbonyl (C=O) groups excluding carboxylic acids is 2. The summed E-state index contributed by atoms with van der Waals surface area (Å²) in [6, 6.07) is 5.61. The van der Waals surface area contributed by atoms with Crippen LogP contribution in [0.15, 0.2) is 41.3 Å². The third kappa shape index (κ3) is 5.84. The zero-order valence-electron chi connectivity index (χ0n) is 15.4. The van der Waals surface area contributed by atoms with Crippen LogP contribution in [0.5, 0.6) is 0 Å². The minimum absolute atomic E-state index is 0.112. The van der Waals surface area contributed by atoms with Gasteiger partial charge in [-0.3, -0.25) is 9.59 Å². The number of aromatic nitrogens is 1. The van der Waals surface area contributed by atoms with E-state index in [2.05, 4.69) is 20.5 Å². The van der Waals surface area contributed by atoms with Crippen LogP contribution >= 0.6 is 0 Å². The lowest BCUT2D eigenvalue weighted by Crippen LogP contribution is -2.30. The van der Waals surface area contributed by atoms with Crippen molar-refractivity contribution in [2.75, 3.05) is 24.5 Å². The molecule has 1 saturated heterocycles. The molecule has 3 heterocycles. The Hall–Kier alpha value is -2.83. The first-order valence-electron chi connectivity index (χ1n) is 9.49. The Labute approximate surface area is 159 Å². The first-order valence-corrected chi connectivity index (χ1v) is 9.49. The number of hydrogen-bond donors (Lipinski definition) is 2. The van der Waals surface area contributed by atoms with E-state index in [4.69, 9.17) is 4.42 Å². The quantitative estimate of drug-likeness (QED) is 0.782. The van der Waals surface area contributed by atoms with Crippen LogP contribution in [0.25, 0.3) is 0 Å². The van der Waals surface area contributed by atoms with E-state index in [0.29, 0.717) is 12.1 Å². The summed E-state index contributed by atoms with van der Waals surface area (Å²) >= 11 is 0. The highest BCUT2D eigenvalue weighted by Gasteiger charge is 2.11. The fraction of sp³-hybridized carbons (Fsp3) is 0.450. The highest BCUT2D eigenvalue weighted by atomic mass is 16.3. The molecule has 0 unspecified atom stereocenters. The molecule has 1 fully saturated rings. The fourth-order valence-corrected chi connectivity index (χ4v) is 3.08. The maximum absolute atomic E-state index is 11.9. The van der Waals surface area contributed by atoms with E-state index in [1.54, 1.807) is 6.07 Å². The third-order valence-electron chi connectivity index (χ3n) is 4.65. The van der Waals surface area contributed by atoms with Gasteiger partial charge in [0.15, 0.2) is 0 Å². The lowest BCUT2D eigenvalue weighted by atomic mass is 10.2. The summed E-state index contributed by atoms with van der Waals surface area (Å²) in [4.78, 5) is 30.5. The molecule has 1 aliphatic rings. The predicted octanol–water partition coefficient (Wildman–Crippen LogP) is 2.49. The first kappa shape index (κ1) is 18.9. The highest BCUT2D eigenvalue weighted by molar-refractivity contribution is 5.94. The largest absolute Gasteiger partial charge is 0.472 e. The summed E-state index contributed by atoms with van der Waals surface area (Å²) < 4.78 is 4.85. The maximum Gasteiger partial charge on any atom is 0.254 e. The molecule has 0 saturated carbocycles. The monoisotopic (exact) mass is 370 g/mol. The van der Waals surface area contributed by atoms with Crippen LogP contribution in [0.2, 0.25) is 0 Å². The smallest absolute Gasteiger partial charge is 0.254 e. The molecular weight excluding hydrogens is 344 g/mol. The van der Waals surface area contributed by atoms with Gasteiger partial charge in [0.05, 0.1) is 11.8 Å². The van der Waals surface area contributed by atoms with Crippen molar-refractivity contribution in [2.45, 2.75) is 38.6 Å². The lowest BCUT2D eigenvalue weighted by Gasteiger charge is -2.21. The van der Waals surface area contributed by atoms with Gasteiger partial charge in [-0.15, -0.1) is 0 Å². The molecule has 2 aromatic rings. The van der Waals surface area contributed by atoms with E-state index >= 15 is 0 Å². The molecule has 0 aliphatic carbocycles. The van der Waals surface area contributed by atoms with E-state index in [1.807, 2.05) is 18.3 Å². The Kier molecular flexibility index (Phi) is 6.84. The van der Waals surface area contributed by atoms with Crippen molar-refractivity contribution in [1.82, 2.24) is 15.6 Å². The van der Waals surface area contributed by atoms with Gasteiger partial charge in [-0.25, -0.2) is 4.98 Å². The van der Waals surface area contributed by atoms with Crippen molar-refractivity contribution in [2.24, 2.45) is 0 Å². The second-order valence-electron chi connectivity index (χ2n) is 6.72. The molecule has 0 spiro atoms. The zero-order valence-corrected chi connectivity index (χ0v) is 15.4. The Bertz CT molecular complexity index is 720. The van der Waals surface area contributed by atoms with Crippen molar-refractivity contribution < 1.29 is 14.0 Å². The average Bonchev–Trinajstić information content (AvgIpc) is 3.10. The molecule has 0 aromatic carbocycles. The fourth-order valence-electron chi connectivity index (χ4n) is 3.08. The summed E-state index contributed by atoms with van der Waals surface area (Å²) in [5, 5.41) is 5.54. The number of rotatable bonds is 7. The normalized spacial score (nSPS) is 14.4. The van der Waals surface area contributed by atoms with Crippen molar-refractivity contribution in [1.29, 1.82) is 0 Å². The molecule has 1 aliphatic heterocycles. The molecule has 3 rings (SSSR count). The molecule has 0 atom stereocenters. The van der Waals surface area contributed by atoms with Crippen molar-refractivity contribution in [3.8, 4) is 0 Å². The molecular formula is C20H26N4O3. The standard InChI is InChI=1S/C20H26N4O3/c25-19(7-9-21-20(26)17-8-12-27-15-17)23-14-16-5-6-18(22-13-16)24-10-3-1-2-4-11-24/h5-6,8,12-13,15H,1-4,7,9-11,14H2,(H,21,26)(H,23,25). The van der Waals surface area contributed by atoms with Gasteiger partial charge in [-0.2, -0.15) is 0 Å². The number of amides is 2. The van der Waals surface area contributed by atoms with Crippen LogP contribution in [0.3, 0.4) is 0 Å². The zero-order chi connectivity index (χ0) is 18.9. The van der Waals surface area contributed by atoms with E-state index in [9.17, 15) is 9.59 Å². The molecule has 0 bridgehead atoms. The molecule has 144 valence electrons. The minimum atomic E-state index is -0.246. The molecule has 7 nitrogen and oxygen atoms in total. The van der Waals surface area contributed by atoms with Crippen LogP contribution in [-0.4, -0.2) is 36.4 Å². The summed E-state index contributed by atoms with van der Waals surface area (Å²) in [6.45, 7) is 2.84. The molecule has 0 radical (unpaired) electrons. The minimum Gasteiger partial charge on any atom is -0.472 e. The van der Waals surface area contributed by atoms with Gasteiger partial charge < -0.3 is 20.0 Å². The molecule has 27 heavy (non-hydrogen) atoms. The maximum atomic E-state index is 11.9. The van der Waals surface area contributed by atoms with Gasteiger partial charge in [0.2, 0.25) is 5.91 Å². The van der Waals surface area contributed by atoms with E-state index in [0.717, 1.165) is 24.5 Å². The number of nitrogens with one attached hydrogen (secondary N) is 2. The van der Waals surface area contributed by atoms with Gasteiger partial charge in [-0.1, -0.05) is 18.9 Å². The number of pyridine rings is 1. The number of anilines is 1. The Morgan fingerprint density at radius 3 is 2.56 bits per heavy atom. The van der Waals surface area contributed by atoms with Crippen LogP contribution < -0.4 is 15.5 Å². The van der Waals surface area contributed by atoms with Gasteiger partial charge in [0, 0.05) is 38.8 Å². The van der Waals surface area contributed by atoms with Gasteiger partial charge in [0.25, 0.3) is 5.91 Å². The second-order valence-corrected chi connectivity index (χ2v) is 6.72. The van der Waals surface area contributed by atoms with E-state index < -0.39 is 0 Å². The molecule has 2 amide bonds. The van der Waals surface area contributed by atoms with Crippen molar-refractivity contribution in [3.05, 3.63) is 48.0 Å². The summed E-state index contributed by atoms with van der Waals surface area (Å²) in [7, 11) is 0. The van der Waals surface area contributed by atoms with Gasteiger partial charge >= 0.3 is 0 Å². The topological polar surface area (TPSA) is 87.5 Å². The highest BCUT2D eigenvalue weighted by Crippen LogP contribution is 2.17. The SMILES string of the molecule is O=C(CCNC(=O)c1ccoc1)NCc1ccc(N2CCCCCC2)nc1. The van der Waals surface area contributed by atoms with Crippen LogP contribution in [0.4, 0.5) is 5.82 Å². The van der Waals surface area contributed by atoms with Crippen LogP contribution in [0.1, 0.15) is 48.0 Å². The second kappa shape index (κ2) is 9.75. The Morgan fingerprint density at radius 2 is 1.89 bits per heavy atom. The van der Waals surface area contributed by atoms with E-state index in [-0.39, 0.29) is 24.8 Å². The van der Waals surface area contributed by atoms with Crippen molar-refractivity contribution >= 4 is 17.6 Å². The number of furan rings is 1. The Morgan fingerprint density at radius 1 is 1.07 bits per heavy atom. The van der Waals surface area contributed by atoms with Crippen LogP contribution in [0, 0.1) is 0 Å². The van der Waals surface area contributed by atoms with E-state index in [1.165, 1.54) is 38.2 Å². The molecule has 2 N–H and O–H groups in total. The number of nitrogens with zero attached hydrogens (tertiary/aromatic N) is 2. The lowest BCUT2D eigenvalue weighted by molar-refractivity contribution is -0.121. The van der Waals surface area contributed by atoms with Gasteiger partial charge in [0.1, 0.15) is 12.1 Å². The third-order valence-corrected chi connectivity index (χ3v) is 4.65.